The highest BCUT2D eigenvalue weighted by Gasteiger charge is 2.23. The number of morpholine rings is 1. The number of rotatable bonds is 1. The molecular weight excluding hydrogens is 205 g/mol. The van der Waals surface area contributed by atoms with Gasteiger partial charge in [-0.05, 0) is 38.5 Å². The maximum atomic E-state index is 13.8. The van der Waals surface area contributed by atoms with Gasteiger partial charge in [-0.3, -0.25) is 0 Å². The molecule has 16 heavy (non-hydrogen) atoms. The van der Waals surface area contributed by atoms with Crippen molar-refractivity contribution in [2.45, 2.75) is 33.0 Å². The van der Waals surface area contributed by atoms with Gasteiger partial charge in [-0.15, -0.1) is 0 Å². The van der Waals surface area contributed by atoms with E-state index in [-0.39, 0.29) is 18.0 Å². The van der Waals surface area contributed by atoms with Crippen LogP contribution in [0, 0.1) is 12.7 Å². The molecule has 0 N–H and O–H groups in total. The van der Waals surface area contributed by atoms with E-state index in [9.17, 15) is 4.39 Å². The van der Waals surface area contributed by atoms with Gasteiger partial charge < -0.3 is 9.64 Å². The minimum atomic E-state index is -0.138. The molecule has 0 aliphatic carbocycles. The minimum absolute atomic E-state index is 0.138. The van der Waals surface area contributed by atoms with Crippen molar-refractivity contribution >= 4 is 5.69 Å². The highest BCUT2D eigenvalue weighted by molar-refractivity contribution is 5.49. The van der Waals surface area contributed by atoms with Crippen molar-refractivity contribution < 1.29 is 9.13 Å². The maximum Gasteiger partial charge on any atom is 0.146 e. The first kappa shape index (κ1) is 11.4. The van der Waals surface area contributed by atoms with E-state index in [0.717, 1.165) is 18.7 Å². The van der Waals surface area contributed by atoms with Crippen LogP contribution in [0.25, 0.3) is 0 Å². The van der Waals surface area contributed by atoms with Crippen molar-refractivity contribution in [1.82, 2.24) is 0 Å². The van der Waals surface area contributed by atoms with E-state index >= 15 is 0 Å². The Morgan fingerprint density at radius 3 is 2.44 bits per heavy atom. The van der Waals surface area contributed by atoms with E-state index in [2.05, 4.69) is 4.90 Å². The summed E-state index contributed by atoms with van der Waals surface area (Å²) in [5.74, 6) is -0.138. The molecule has 3 heteroatoms. The number of halogens is 1. The number of aryl methyl sites for hydroxylation is 1. The summed E-state index contributed by atoms with van der Waals surface area (Å²) in [7, 11) is 0. The average molecular weight is 223 g/mol. The second kappa shape index (κ2) is 4.42. The maximum absolute atomic E-state index is 13.8. The molecule has 1 aliphatic heterocycles. The average Bonchev–Trinajstić information content (AvgIpc) is 2.15. The van der Waals surface area contributed by atoms with Gasteiger partial charge >= 0.3 is 0 Å². The van der Waals surface area contributed by atoms with Crippen molar-refractivity contribution in [3.63, 3.8) is 0 Å². The number of ether oxygens (including phenoxy) is 1. The molecule has 1 fully saturated rings. The zero-order chi connectivity index (χ0) is 11.7. The predicted molar refractivity (Wildman–Crippen MR) is 63.4 cm³/mol. The number of hydrogen-bond acceptors (Lipinski definition) is 2. The summed E-state index contributed by atoms with van der Waals surface area (Å²) in [5.41, 5.74) is 1.64. The van der Waals surface area contributed by atoms with Crippen molar-refractivity contribution in [3.05, 3.63) is 29.6 Å². The largest absolute Gasteiger partial charge is 0.372 e. The Bertz CT molecular complexity index is 370. The van der Waals surface area contributed by atoms with Crippen LogP contribution in [-0.2, 0) is 4.74 Å². The van der Waals surface area contributed by atoms with Crippen LogP contribution in [0.4, 0.5) is 10.1 Å². The fourth-order valence-corrected chi connectivity index (χ4v) is 2.24. The Morgan fingerprint density at radius 1 is 1.25 bits per heavy atom. The van der Waals surface area contributed by atoms with Gasteiger partial charge in [-0.1, -0.05) is 6.07 Å². The SMILES string of the molecule is Cc1ccc(N2CC(C)O[C@H](C)C2)c(F)c1. The Morgan fingerprint density at radius 2 is 1.88 bits per heavy atom. The molecule has 0 aromatic heterocycles. The van der Waals surface area contributed by atoms with Crippen LogP contribution in [0.5, 0.6) is 0 Å². The first-order valence-electron chi connectivity index (χ1n) is 5.73. The van der Waals surface area contributed by atoms with Crippen LogP contribution in [0.1, 0.15) is 19.4 Å². The van der Waals surface area contributed by atoms with Crippen LogP contribution < -0.4 is 4.90 Å². The lowest BCUT2D eigenvalue weighted by Gasteiger charge is -2.37. The Kier molecular flexibility index (Phi) is 3.15. The second-order valence-corrected chi connectivity index (χ2v) is 4.62. The zero-order valence-corrected chi connectivity index (χ0v) is 10.0. The molecule has 0 bridgehead atoms. The van der Waals surface area contributed by atoms with Crippen LogP contribution in [0.2, 0.25) is 0 Å². The van der Waals surface area contributed by atoms with Gasteiger partial charge in [0.05, 0.1) is 17.9 Å². The Labute approximate surface area is 96.0 Å². The quantitative estimate of drug-likeness (QED) is 0.726. The lowest BCUT2D eigenvalue weighted by molar-refractivity contribution is -0.00539. The van der Waals surface area contributed by atoms with Crippen molar-refractivity contribution in [2.75, 3.05) is 18.0 Å². The molecule has 88 valence electrons. The standard InChI is InChI=1S/C13H18FNO/c1-9-4-5-13(12(14)6-9)15-7-10(2)16-11(3)8-15/h4-6,10-11H,7-8H2,1-3H3/t10-,11?/m1/s1. The van der Waals surface area contributed by atoms with E-state index in [0.29, 0.717) is 5.69 Å². The summed E-state index contributed by atoms with van der Waals surface area (Å²) in [6.45, 7) is 7.45. The molecule has 2 rings (SSSR count). The summed E-state index contributed by atoms with van der Waals surface area (Å²) in [6.07, 6.45) is 0.314. The van der Waals surface area contributed by atoms with E-state index in [1.54, 1.807) is 6.07 Å². The summed E-state index contributed by atoms with van der Waals surface area (Å²) >= 11 is 0. The molecule has 1 heterocycles. The summed E-state index contributed by atoms with van der Waals surface area (Å²) < 4.78 is 19.4. The van der Waals surface area contributed by atoms with E-state index in [4.69, 9.17) is 4.74 Å². The van der Waals surface area contributed by atoms with E-state index < -0.39 is 0 Å². The predicted octanol–water partition coefficient (Wildman–Crippen LogP) is 2.75. The van der Waals surface area contributed by atoms with Gasteiger partial charge in [0.1, 0.15) is 5.82 Å². The monoisotopic (exact) mass is 223 g/mol. The number of nitrogens with zero attached hydrogens (tertiary/aromatic N) is 1. The number of anilines is 1. The summed E-state index contributed by atoms with van der Waals surface area (Å²) in [4.78, 5) is 2.06. The van der Waals surface area contributed by atoms with E-state index in [1.165, 1.54) is 0 Å². The second-order valence-electron chi connectivity index (χ2n) is 4.62. The molecule has 0 radical (unpaired) electrons. The van der Waals surface area contributed by atoms with Gasteiger partial charge in [0, 0.05) is 13.1 Å². The van der Waals surface area contributed by atoms with Gasteiger partial charge in [0.15, 0.2) is 0 Å². The van der Waals surface area contributed by atoms with Crippen LogP contribution in [0.3, 0.4) is 0 Å². The van der Waals surface area contributed by atoms with Crippen molar-refractivity contribution in [3.8, 4) is 0 Å². The highest BCUT2D eigenvalue weighted by Crippen LogP contribution is 2.24. The first-order chi connectivity index (χ1) is 7.56. The Hall–Kier alpha value is -1.09. The fourth-order valence-electron chi connectivity index (χ4n) is 2.24. The first-order valence-corrected chi connectivity index (χ1v) is 5.73. The minimum Gasteiger partial charge on any atom is -0.372 e. The van der Waals surface area contributed by atoms with Crippen LogP contribution in [0.15, 0.2) is 18.2 Å². The molecule has 1 aromatic carbocycles. The van der Waals surface area contributed by atoms with E-state index in [1.807, 2.05) is 32.9 Å². The van der Waals surface area contributed by atoms with Gasteiger partial charge in [0.2, 0.25) is 0 Å². The molecule has 1 aromatic rings. The lowest BCUT2D eigenvalue weighted by Crippen LogP contribution is -2.45. The molecule has 0 spiro atoms. The summed E-state index contributed by atoms with van der Waals surface area (Å²) in [5, 5.41) is 0. The Balaban J connectivity index is 2.23. The van der Waals surface area contributed by atoms with Gasteiger partial charge in [0.25, 0.3) is 0 Å². The number of benzene rings is 1. The molecule has 0 amide bonds. The molecule has 1 saturated heterocycles. The van der Waals surface area contributed by atoms with Crippen LogP contribution in [-0.4, -0.2) is 25.3 Å². The zero-order valence-electron chi connectivity index (χ0n) is 10.0. The number of hydrogen-bond donors (Lipinski definition) is 0. The lowest BCUT2D eigenvalue weighted by atomic mass is 10.1. The molecular formula is C13H18FNO. The highest BCUT2D eigenvalue weighted by atomic mass is 19.1. The topological polar surface area (TPSA) is 12.5 Å². The third-order valence-corrected chi connectivity index (χ3v) is 2.86. The fraction of sp³-hybridized carbons (Fsp3) is 0.538. The normalized spacial score (nSPS) is 25.9. The van der Waals surface area contributed by atoms with Gasteiger partial charge in [-0.25, -0.2) is 4.39 Å². The van der Waals surface area contributed by atoms with Crippen molar-refractivity contribution in [2.24, 2.45) is 0 Å². The molecule has 2 atom stereocenters. The van der Waals surface area contributed by atoms with Gasteiger partial charge in [-0.2, -0.15) is 0 Å². The summed E-state index contributed by atoms with van der Waals surface area (Å²) in [6, 6.07) is 5.39. The molecule has 0 saturated carbocycles. The molecule has 1 unspecified atom stereocenters. The third kappa shape index (κ3) is 2.35. The molecule has 1 aliphatic rings. The van der Waals surface area contributed by atoms with Crippen LogP contribution >= 0.6 is 0 Å². The molecule has 2 nitrogen and oxygen atoms in total. The van der Waals surface area contributed by atoms with Crippen molar-refractivity contribution in [1.29, 1.82) is 0 Å². The third-order valence-electron chi connectivity index (χ3n) is 2.86. The smallest absolute Gasteiger partial charge is 0.146 e.